The van der Waals surface area contributed by atoms with E-state index in [1.54, 1.807) is 17.0 Å². The van der Waals surface area contributed by atoms with Crippen LogP contribution in [0.5, 0.6) is 0 Å². The zero-order valence-corrected chi connectivity index (χ0v) is 12.9. The first-order valence-electron chi connectivity index (χ1n) is 6.53. The summed E-state index contributed by atoms with van der Waals surface area (Å²) in [5.74, 6) is 1.94. The van der Waals surface area contributed by atoms with Crippen molar-refractivity contribution >= 4 is 33.6 Å². The Morgan fingerprint density at radius 1 is 1.48 bits per heavy atom. The van der Waals surface area contributed by atoms with E-state index in [4.69, 9.17) is 11.5 Å². The van der Waals surface area contributed by atoms with Crippen molar-refractivity contribution in [3.63, 3.8) is 0 Å². The largest absolute Gasteiger partial charge is 0.478 e. The Labute approximate surface area is 131 Å². The number of aromatic carboxylic acids is 1. The summed E-state index contributed by atoms with van der Waals surface area (Å²) in [6.45, 7) is 0.878. The second-order valence-electron chi connectivity index (χ2n) is 4.96. The molecule has 2 amide bonds. The van der Waals surface area contributed by atoms with Crippen LogP contribution in [0.4, 0.5) is 10.5 Å². The van der Waals surface area contributed by atoms with Gasteiger partial charge in [-0.15, -0.1) is 6.42 Å². The fourth-order valence-corrected chi connectivity index (χ4v) is 2.33. The van der Waals surface area contributed by atoms with Gasteiger partial charge in [-0.3, -0.25) is 0 Å². The monoisotopic (exact) mass is 350 g/mol. The van der Waals surface area contributed by atoms with Crippen molar-refractivity contribution in [2.75, 3.05) is 18.4 Å². The van der Waals surface area contributed by atoms with Gasteiger partial charge < -0.3 is 15.3 Å². The van der Waals surface area contributed by atoms with E-state index in [9.17, 15) is 9.59 Å². The van der Waals surface area contributed by atoms with Gasteiger partial charge in [0.05, 0.1) is 12.1 Å². The normalized spacial score (nSPS) is 13.3. The molecule has 0 aliphatic heterocycles. The van der Waals surface area contributed by atoms with E-state index >= 15 is 0 Å². The lowest BCUT2D eigenvalue weighted by Crippen LogP contribution is -2.36. The highest BCUT2D eigenvalue weighted by Gasteiger charge is 2.26. The zero-order valence-electron chi connectivity index (χ0n) is 11.3. The maximum atomic E-state index is 12.2. The highest BCUT2D eigenvalue weighted by atomic mass is 79.9. The molecule has 6 heteroatoms. The van der Waals surface area contributed by atoms with Gasteiger partial charge in [0.2, 0.25) is 0 Å². The first kappa shape index (κ1) is 15.4. The number of rotatable bonds is 5. The molecule has 0 unspecified atom stereocenters. The van der Waals surface area contributed by atoms with Crippen molar-refractivity contribution in [3.8, 4) is 12.3 Å². The summed E-state index contributed by atoms with van der Waals surface area (Å²) in [7, 11) is 0. The number of carboxylic acid groups (broad SMARTS) is 1. The van der Waals surface area contributed by atoms with E-state index < -0.39 is 5.97 Å². The van der Waals surface area contributed by atoms with Crippen molar-refractivity contribution in [3.05, 3.63) is 28.2 Å². The molecule has 1 aromatic rings. The Hall–Kier alpha value is -2.00. The molecule has 0 aromatic heterocycles. The Kier molecular flexibility index (Phi) is 4.86. The van der Waals surface area contributed by atoms with Crippen LogP contribution in [0, 0.1) is 18.3 Å². The maximum Gasteiger partial charge on any atom is 0.336 e. The van der Waals surface area contributed by atoms with Gasteiger partial charge >= 0.3 is 12.0 Å². The van der Waals surface area contributed by atoms with E-state index in [1.165, 1.54) is 6.07 Å². The van der Waals surface area contributed by atoms with Gasteiger partial charge in [0.1, 0.15) is 0 Å². The highest BCUT2D eigenvalue weighted by Crippen LogP contribution is 2.30. The number of carbonyl (C=O) groups is 2. The molecule has 1 aromatic carbocycles. The minimum atomic E-state index is -1.06. The topological polar surface area (TPSA) is 69.6 Å². The number of amides is 2. The standard InChI is InChI=1S/C15H15BrN2O3/c1-2-7-18(9-10-3-4-10)15(21)17-11-5-6-13(16)12(8-11)14(19)20/h1,5-6,8,10H,3-4,7,9H2,(H,17,21)(H,19,20). The van der Waals surface area contributed by atoms with E-state index in [0.717, 1.165) is 12.8 Å². The molecule has 0 radical (unpaired) electrons. The molecular formula is C15H15BrN2O3. The summed E-state index contributed by atoms with van der Waals surface area (Å²) in [5.41, 5.74) is 0.525. The Bertz CT molecular complexity index is 605. The number of terminal acetylenes is 1. The first-order valence-corrected chi connectivity index (χ1v) is 7.32. The molecule has 0 saturated heterocycles. The summed E-state index contributed by atoms with van der Waals surface area (Å²) in [6.07, 6.45) is 7.53. The lowest BCUT2D eigenvalue weighted by molar-refractivity contribution is 0.0696. The number of carboxylic acids is 1. The van der Waals surface area contributed by atoms with Crippen LogP contribution >= 0.6 is 15.9 Å². The fraction of sp³-hybridized carbons (Fsp3) is 0.333. The van der Waals surface area contributed by atoms with Crippen LogP contribution < -0.4 is 5.32 Å². The van der Waals surface area contributed by atoms with Crippen molar-refractivity contribution in [2.24, 2.45) is 5.92 Å². The van der Waals surface area contributed by atoms with E-state index in [-0.39, 0.29) is 18.1 Å². The second kappa shape index (κ2) is 6.64. The molecule has 5 nitrogen and oxygen atoms in total. The van der Waals surface area contributed by atoms with Gasteiger partial charge in [0.15, 0.2) is 0 Å². The summed E-state index contributed by atoms with van der Waals surface area (Å²) in [6, 6.07) is 4.33. The lowest BCUT2D eigenvalue weighted by Gasteiger charge is -2.20. The van der Waals surface area contributed by atoms with Crippen LogP contribution in [0.25, 0.3) is 0 Å². The van der Waals surface area contributed by atoms with E-state index in [0.29, 0.717) is 22.6 Å². The number of urea groups is 1. The predicted molar refractivity (Wildman–Crippen MR) is 83.3 cm³/mol. The molecule has 1 aliphatic rings. The molecule has 2 rings (SSSR count). The molecular weight excluding hydrogens is 336 g/mol. The van der Waals surface area contributed by atoms with Crippen LogP contribution in [0.1, 0.15) is 23.2 Å². The van der Waals surface area contributed by atoms with Crippen molar-refractivity contribution in [2.45, 2.75) is 12.8 Å². The van der Waals surface area contributed by atoms with Gasteiger partial charge in [-0.2, -0.15) is 0 Å². The third kappa shape index (κ3) is 4.23. The van der Waals surface area contributed by atoms with Crippen LogP contribution in [0.2, 0.25) is 0 Å². The highest BCUT2D eigenvalue weighted by molar-refractivity contribution is 9.10. The fourth-order valence-electron chi connectivity index (χ4n) is 1.91. The molecule has 1 aliphatic carbocycles. The summed E-state index contributed by atoms with van der Waals surface area (Å²) >= 11 is 3.16. The van der Waals surface area contributed by atoms with E-state index in [2.05, 4.69) is 27.2 Å². The van der Waals surface area contributed by atoms with Gasteiger partial charge in [0.25, 0.3) is 0 Å². The number of nitrogens with one attached hydrogen (secondary N) is 1. The molecule has 0 heterocycles. The summed E-state index contributed by atoms with van der Waals surface area (Å²) in [5, 5.41) is 11.8. The summed E-state index contributed by atoms with van der Waals surface area (Å²) < 4.78 is 0.464. The molecule has 0 spiro atoms. The molecule has 0 bridgehead atoms. The maximum absolute atomic E-state index is 12.2. The second-order valence-corrected chi connectivity index (χ2v) is 5.81. The average Bonchev–Trinajstić information content (AvgIpc) is 3.24. The van der Waals surface area contributed by atoms with Gasteiger partial charge in [-0.25, -0.2) is 9.59 Å². The minimum Gasteiger partial charge on any atom is -0.478 e. The van der Waals surface area contributed by atoms with Crippen LogP contribution in [0.15, 0.2) is 22.7 Å². The number of nitrogens with zero attached hydrogens (tertiary/aromatic N) is 1. The number of anilines is 1. The zero-order chi connectivity index (χ0) is 15.4. The number of halogens is 1. The lowest BCUT2D eigenvalue weighted by atomic mass is 10.2. The van der Waals surface area contributed by atoms with Crippen molar-refractivity contribution < 1.29 is 14.7 Å². The van der Waals surface area contributed by atoms with Gasteiger partial charge in [-0.1, -0.05) is 5.92 Å². The third-order valence-electron chi connectivity index (χ3n) is 3.19. The number of carbonyl (C=O) groups excluding carboxylic acids is 1. The van der Waals surface area contributed by atoms with Crippen LogP contribution in [-0.4, -0.2) is 35.1 Å². The van der Waals surface area contributed by atoms with Crippen LogP contribution in [0.3, 0.4) is 0 Å². The molecule has 110 valence electrons. The van der Waals surface area contributed by atoms with Crippen LogP contribution in [-0.2, 0) is 0 Å². The van der Waals surface area contributed by atoms with Crippen molar-refractivity contribution in [1.82, 2.24) is 4.90 Å². The summed E-state index contributed by atoms with van der Waals surface area (Å²) in [4.78, 5) is 24.8. The van der Waals surface area contributed by atoms with Gasteiger partial charge in [0, 0.05) is 16.7 Å². The molecule has 0 atom stereocenters. The SMILES string of the molecule is C#CCN(CC1CC1)C(=O)Nc1ccc(Br)c(C(=O)O)c1. The quantitative estimate of drug-likeness (QED) is 0.802. The smallest absolute Gasteiger partial charge is 0.336 e. The first-order chi connectivity index (χ1) is 10.0. The number of hydrogen-bond acceptors (Lipinski definition) is 2. The Balaban J connectivity index is 2.08. The third-order valence-corrected chi connectivity index (χ3v) is 3.88. The minimum absolute atomic E-state index is 0.0958. The Morgan fingerprint density at radius 2 is 2.19 bits per heavy atom. The Morgan fingerprint density at radius 3 is 2.76 bits per heavy atom. The predicted octanol–water partition coefficient (Wildman–Crippen LogP) is 3.02. The van der Waals surface area contributed by atoms with E-state index in [1.807, 2.05) is 0 Å². The van der Waals surface area contributed by atoms with Gasteiger partial charge in [-0.05, 0) is 52.9 Å². The molecule has 2 N–H and O–H groups in total. The molecule has 1 fully saturated rings. The number of benzene rings is 1. The average molecular weight is 351 g/mol. The molecule has 1 saturated carbocycles. The number of hydrogen-bond donors (Lipinski definition) is 2. The molecule has 21 heavy (non-hydrogen) atoms. The van der Waals surface area contributed by atoms with Crippen molar-refractivity contribution in [1.29, 1.82) is 0 Å².